The zero-order valence-electron chi connectivity index (χ0n) is 13.9. The molecule has 15 heteroatoms. The number of alkyl halides is 6. The van der Waals surface area contributed by atoms with Crippen LogP contribution in [0.1, 0.15) is 19.4 Å². The number of rotatable bonds is 2. The van der Waals surface area contributed by atoms with E-state index in [1.165, 1.54) is 0 Å². The third-order valence-corrected chi connectivity index (χ3v) is 2.05. The van der Waals surface area contributed by atoms with E-state index < -0.39 is 24.3 Å². The highest BCUT2D eigenvalue weighted by Crippen LogP contribution is 2.15. The molecule has 0 atom stereocenters. The van der Waals surface area contributed by atoms with Gasteiger partial charge in [0, 0.05) is 17.3 Å². The van der Waals surface area contributed by atoms with Crippen molar-refractivity contribution in [2.45, 2.75) is 38.2 Å². The van der Waals surface area contributed by atoms with Crippen LogP contribution >= 0.6 is 0 Å². The first-order valence-corrected chi connectivity index (χ1v) is 6.53. The van der Waals surface area contributed by atoms with Crippen molar-refractivity contribution in [3.8, 4) is 0 Å². The second kappa shape index (κ2) is 9.75. The molecule has 27 heavy (non-hydrogen) atoms. The normalized spacial score (nSPS) is 11.4. The van der Waals surface area contributed by atoms with Gasteiger partial charge in [-0.1, -0.05) is 0 Å². The standard InChI is InChI=1S/C8H15N5.2C2HF3O2/c1-8(2,11)3-5-4-12-7(10)13-6(5)9;2*3-2(4,5)1(6)7/h4H,3,11H2,1-2H3,(H4,9,10,12,13);2*(H,6,7). The van der Waals surface area contributed by atoms with Gasteiger partial charge >= 0.3 is 24.3 Å². The van der Waals surface area contributed by atoms with Crippen LogP contribution < -0.4 is 17.2 Å². The Labute approximate surface area is 148 Å². The summed E-state index contributed by atoms with van der Waals surface area (Å²) in [4.78, 5) is 25.5. The number of halogens is 6. The smallest absolute Gasteiger partial charge is 0.475 e. The van der Waals surface area contributed by atoms with Crippen molar-refractivity contribution in [3.05, 3.63) is 11.8 Å². The maximum Gasteiger partial charge on any atom is 0.490 e. The second-order valence-electron chi connectivity index (χ2n) is 5.41. The molecule has 1 aromatic heterocycles. The summed E-state index contributed by atoms with van der Waals surface area (Å²) in [5.41, 5.74) is 17.4. The molecule has 0 amide bonds. The van der Waals surface area contributed by atoms with Crippen molar-refractivity contribution in [1.29, 1.82) is 0 Å². The number of hydrogen-bond donors (Lipinski definition) is 5. The summed E-state index contributed by atoms with van der Waals surface area (Å²) < 4.78 is 63.5. The molecule has 0 aromatic carbocycles. The predicted octanol–water partition coefficient (Wildman–Crippen LogP) is 1.19. The van der Waals surface area contributed by atoms with Gasteiger partial charge in [0.2, 0.25) is 5.95 Å². The molecule has 0 spiro atoms. The molecule has 0 radical (unpaired) electrons. The van der Waals surface area contributed by atoms with Gasteiger partial charge in [0.25, 0.3) is 0 Å². The first-order chi connectivity index (χ1) is 11.8. The van der Waals surface area contributed by atoms with E-state index in [4.69, 9.17) is 37.0 Å². The molecule has 0 fully saturated rings. The molecule has 1 heterocycles. The Morgan fingerprint density at radius 3 is 1.56 bits per heavy atom. The molecule has 0 saturated heterocycles. The van der Waals surface area contributed by atoms with Gasteiger partial charge in [0.05, 0.1) is 0 Å². The molecular weight excluding hydrogens is 392 g/mol. The Kier molecular flexibility index (Phi) is 9.53. The lowest BCUT2D eigenvalue weighted by atomic mass is 9.98. The van der Waals surface area contributed by atoms with Crippen molar-refractivity contribution >= 4 is 23.7 Å². The second-order valence-corrected chi connectivity index (χ2v) is 5.41. The number of hydrogen-bond acceptors (Lipinski definition) is 7. The fourth-order valence-corrected chi connectivity index (χ4v) is 1.06. The fourth-order valence-electron chi connectivity index (χ4n) is 1.06. The average Bonchev–Trinajstić information content (AvgIpc) is 2.40. The number of nitrogens with zero attached hydrogens (tertiary/aromatic N) is 2. The van der Waals surface area contributed by atoms with Crippen molar-refractivity contribution in [1.82, 2.24) is 9.97 Å². The summed E-state index contributed by atoms with van der Waals surface area (Å²) in [5, 5.41) is 14.2. The van der Waals surface area contributed by atoms with Gasteiger partial charge < -0.3 is 27.4 Å². The lowest BCUT2D eigenvalue weighted by Gasteiger charge is -2.18. The first-order valence-electron chi connectivity index (χ1n) is 6.53. The number of nitrogens with two attached hydrogens (primary N) is 3. The van der Waals surface area contributed by atoms with Gasteiger partial charge in [-0.25, -0.2) is 14.6 Å². The molecule has 9 nitrogen and oxygen atoms in total. The Bertz CT molecular complexity index is 619. The average molecular weight is 409 g/mol. The molecule has 0 saturated carbocycles. The monoisotopic (exact) mass is 409 g/mol. The third kappa shape index (κ3) is 14.1. The highest BCUT2D eigenvalue weighted by molar-refractivity contribution is 5.73. The summed E-state index contributed by atoms with van der Waals surface area (Å²) in [6.07, 6.45) is -7.91. The van der Waals surface area contributed by atoms with Gasteiger partial charge in [0.15, 0.2) is 0 Å². The van der Waals surface area contributed by atoms with Crippen LogP contribution in [0.25, 0.3) is 0 Å². The molecule has 0 aliphatic heterocycles. The molecule has 156 valence electrons. The minimum absolute atomic E-state index is 0.191. The quantitative estimate of drug-likeness (QED) is 0.449. The van der Waals surface area contributed by atoms with Crippen LogP contribution in [0.15, 0.2) is 6.20 Å². The van der Waals surface area contributed by atoms with E-state index in [0.717, 1.165) is 5.56 Å². The van der Waals surface area contributed by atoms with E-state index in [1.807, 2.05) is 13.8 Å². The van der Waals surface area contributed by atoms with Gasteiger partial charge in [-0.3, -0.25) is 0 Å². The Balaban J connectivity index is 0. The molecule has 0 unspecified atom stereocenters. The van der Waals surface area contributed by atoms with Crippen LogP contribution in [0.4, 0.5) is 38.1 Å². The van der Waals surface area contributed by atoms with E-state index in [2.05, 4.69) is 9.97 Å². The Morgan fingerprint density at radius 2 is 1.33 bits per heavy atom. The lowest BCUT2D eigenvalue weighted by Crippen LogP contribution is -2.34. The van der Waals surface area contributed by atoms with Crippen LogP contribution in [0.5, 0.6) is 0 Å². The van der Waals surface area contributed by atoms with Crippen LogP contribution in [0, 0.1) is 0 Å². The highest BCUT2D eigenvalue weighted by atomic mass is 19.4. The number of aromatic nitrogens is 2. The topological polar surface area (TPSA) is 178 Å². The molecule has 0 aliphatic rings. The summed E-state index contributed by atoms with van der Waals surface area (Å²) in [5.74, 6) is -4.91. The maximum atomic E-state index is 10.6. The molecule has 8 N–H and O–H groups in total. The number of aliphatic carboxylic acids is 2. The van der Waals surface area contributed by atoms with Crippen LogP contribution in [-0.2, 0) is 16.0 Å². The number of carbonyl (C=O) groups is 2. The molecule has 1 rings (SSSR count). The number of nitrogen functional groups attached to an aromatic ring is 2. The van der Waals surface area contributed by atoms with Crippen LogP contribution in [-0.4, -0.2) is 50.0 Å². The van der Waals surface area contributed by atoms with E-state index in [1.54, 1.807) is 6.20 Å². The molecule has 0 bridgehead atoms. The van der Waals surface area contributed by atoms with Crippen LogP contribution in [0.2, 0.25) is 0 Å². The summed E-state index contributed by atoms with van der Waals surface area (Å²) >= 11 is 0. The van der Waals surface area contributed by atoms with Gasteiger partial charge in [-0.15, -0.1) is 0 Å². The largest absolute Gasteiger partial charge is 0.490 e. The number of anilines is 2. The summed E-state index contributed by atoms with van der Waals surface area (Å²) in [6.45, 7) is 3.84. The minimum atomic E-state index is -5.08. The predicted molar refractivity (Wildman–Crippen MR) is 80.2 cm³/mol. The van der Waals surface area contributed by atoms with E-state index in [0.29, 0.717) is 12.2 Å². The number of carboxylic acids is 2. The first kappa shape index (κ1) is 26.4. The zero-order valence-corrected chi connectivity index (χ0v) is 13.9. The van der Waals surface area contributed by atoms with Crippen molar-refractivity contribution in [3.63, 3.8) is 0 Å². The summed E-state index contributed by atoms with van der Waals surface area (Å²) in [7, 11) is 0. The van der Waals surface area contributed by atoms with E-state index in [-0.39, 0.29) is 11.5 Å². The zero-order chi connectivity index (χ0) is 22.2. The molecule has 1 aromatic rings. The van der Waals surface area contributed by atoms with Crippen molar-refractivity contribution in [2.24, 2.45) is 5.73 Å². The van der Waals surface area contributed by atoms with Crippen molar-refractivity contribution in [2.75, 3.05) is 11.5 Å². The Morgan fingerprint density at radius 1 is 1.00 bits per heavy atom. The molecule has 0 aliphatic carbocycles. The Hall–Kier alpha value is -2.84. The van der Waals surface area contributed by atoms with Crippen LogP contribution in [0.3, 0.4) is 0 Å². The summed E-state index contributed by atoms with van der Waals surface area (Å²) in [6, 6.07) is 0. The van der Waals surface area contributed by atoms with Gasteiger partial charge in [0.1, 0.15) is 5.82 Å². The third-order valence-electron chi connectivity index (χ3n) is 2.05. The lowest BCUT2D eigenvalue weighted by molar-refractivity contribution is -0.193. The van der Waals surface area contributed by atoms with E-state index >= 15 is 0 Å². The minimum Gasteiger partial charge on any atom is -0.475 e. The van der Waals surface area contributed by atoms with Gasteiger partial charge in [-0.2, -0.15) is 31.3 Å². The fraction of sp³-hybridized carbons (Fsp3) is 0.500. The van der Waals surface area contributed by atoms with Gasteiger partial charge in [-0.05, 0) is 20.3 Å². The maximum absolute atomic E-state index is 10.6. The molecular formula is C12H17F6N5O4. The number of carboxylic acid groups (broad SMARTS) is 2. The highest BCUT2D eigenvalue weighted by Gasteiger charge is 2.38. The SMILES string of the molecule is CC(C)(N)Cc1cnc(N)nc1N.O=C(O)C(F)(F)F.O=C(O)C(F)(F)F. The van der Waals surface area contributed by atoms with Crippen molar-refractivity contribution < 1.29 is 46.1 Å². The van der Waals surface area contributed by atoms with E-state index in [9.17, 15) is 26.3 Å².